The number of amides is 1. The van der Waals surface area contributed by atoms with Crippen molar-refractivity contribution >= 4 is 33.9 Å². The summed E-state index contributed by atoms with van der Waals surface area (Å²) in [4.78, 5) is 20.5. The van der Waals surface area contributed by atoms with Gasteiger partial charge in [-0.25, -0.2) is 9.97 Å². The van der Waals surface area contributed by atoms with Crippen molar-refractivity contribution in [2.24, 2.45) is 0 Å². The van der Waals surface area contributed by atoms with E-state index in [2.05, 4.69) is 45.4 Å². The molecule has 4 aromatic carbocycles. The molecule has 172 valence electrons. The molecule has 0 spiro atoms. The molecule has 5 aromatic rings. The molecule has 0 atom stereocenters. The van der Waals surface area contributed by atoms with E-state index in [1.807, 2.05) is 66.7 Å². The summed E-state index contributed by atoms with van der Waals surface area (Å²) >= 11 is 0. The van der Waals surface area contributed by atoms with Crippen molar-refractivity contribution in [1.82, 2.24) is 9.97 Å². The van der Waals surface area contributed by atoms with Crippen molar-refractivity contribution in [3.05, 3.63) is 116 Å². The first-order valence-corrected chi connectivity index (χ1v) is 11.3. The number of nitrogens with one attached hydrogen (secondary N) is 2. The minimum atomic E-state index is -0.263. The van der Waals surface area contributed by atoms with Crippen LogP contribution in [0.25, 0.3) is 33.2 Å². The molecule has 0 aliphatic carbocycles. The molecule has 0 aliphatic heterocycles. The smallest absolute Gasteiger partial charge is 0.247 e. The fraction of sp³-hybridized carbons (Fsp3) is 0. The molecule has 36 heavy (non-hydrogen) atoms. The number of nitriles is 1. The zero-order valence-electron chi connectivity index (χ0n) is 19.3. The molecule has 6 nitrogen and oxygen atoms in total. The van der Waals surface area contributed by atoms with Crippen LogP contribution in [0.4, 0.5) is 17.1 Å². The molecule has 6 heteroatoms. The summed E-state index contributed by atoms with van der Waals surface area (Å²) in [5.41, 5.74) is 7.82. The Hall–Kier alpha value is -5.28. The fourth-order valence-electron chi connectivity index (χ4n) is 4.03. The number of hydrogen-bond donors (Lipinski definition) is 2. The van der Waals surface area contributed by atoms with E-state index in [0.717, 1.165) is 44.5 Å². The molecular weight excluding hydrogens is 446 g/mol. The van der Waals surface area contributed by atoms with Gasteiger partial charge < -0.3 is 10.6 Å². The van der Waals surface area contributed by atoms with E-state index >= 15 is 0 Å². The molecule has 0 bridgehead atoms. The van der Waals surface area contributed by atoms with Crippen LogP contribution >= 0.6 is 0 Å². The van der Waals surface area contributed by atoms with Crippen molar-refractivity contribution in [1.29, 1.82) is 5.26 Å². The van der Waals surface area contributed by atoms with Gasteiger partial charge in [0.25, 0.3) is 0 Å². The molecule has 5 rings (SSSR count). The van der Waals surface area contributed by atoms with E-state index in [1.54, 1.807) is 12.3 Å². The Bertz CT molecular complexity index is 1630. The normalized spacial score (nSPS) is 10.4. The van der Waals surface area contributed by atoms with Crippen molar-refractivity contribution in [2.75, 3.05) is 10.6 Å². The van der Waals surface area contributed by atoms with Crippen LogP contribution in [0.15, 0.2) is 110 Å². The summed E-state index contributed by atoms with van der Waals surface area (Å²) in [6, 6.07) is 29.5. The van der Waals surface area contributed by atoms with E-state index < -0.39 is 0 Å². The lowest BCUT2D eigenvalue weighted by Crippen LogP contribution is -2.07. The number of aromatic nitrogens is 2. The SMILES string of the molecule is C=CC(=O)Nc1cccc(-c2cc(-c3ccc(Nc4cccc(C#N)c4)cc3)cc3cncnc23)c1. The number of carbonyl (C=O) groups excluding carboxylic acids is 1. The van der Waals surface area contributed by atoms with Crippen molar-refractivity contribution in [2.45, 2.75) is 0 Å². The summed E-state index contributed by atoms with van der Waals surface area (Å²) in [5, 5.41) is 16.2. The van der Waals surface area contributed by atoms with E-state index in [4.69, 9.17) is 5.26 Å². The third kappa shape index (κ3) is 4.81. The van der Waals surface area contributed by atoms with Gasteiger partial charge in [-0.1, -0.05) is 36.9 Å². The maximum atomic E-state index is 11.8. The van der Waals surface area contributed by atoms with Crippen molar-refractivity contribution in [3.8, 4) is 28.3 Å². The quantitative estimate of drug-likeness (QED) is 0.271. The number of hydrogen-bond acceptors (Lipinski definition) is 5. The van der Waals surface area contributed by atoms with E-state index in [1.165, 1.54) is 12.4 Å². The standard InChI is InChI=1S/C30H21N5O/c1-2-29(36)35-27-8-4-6-22(15-27)28-16-23(14-24-18-32-19-33-30(24)28)21-9-11-25(12-10-21)34-26-7-3-5-20(13-26)17-31/h2-16,18-19,34H,1H2,(H,35,36). The maximum absolute atomic E-state index is 11.8. The summed E-state index contributed by atoms with van der Waals surface area (Å²) in [5.74, 6) is -0.263. The Morgan fingerprint density at radius 1 is 0.861 bits per heavy atom. The highest BCUT2D eigenvalue weighted by Gasteiger charge is 2.11. The van der Waals surface area contributed by atoms with Gasteiger partial charge in [-0.15, -0.1) is 0 Å². The number of rotatable bonds is 6. The lowest BCUT2D eigenvalue weighted by Gasteiger charge is -2.12. The molecule has 0 aliphatic rings. The Morgan fingerprint density at radius 3 is 2.47 bits per heavy atom. The highest BCUT2D eigenvalue weighted by atomic mass is 16.1. The zero-order valence-corrected chi connectivity index (χ0v) is 19.3. The van der Waals surface area contributed by atoms with Crippen LogP contribution in [0.2, 0.25) is 0 Å². The molecule has 1 heterocycles. The highest BCUT2D eigenvalue weighted by molar-refractivity contribution is 6.01. The van der Waals surface area contributed by atoms with Crippen LogP contribution < -0.4 is 10.6 Å². The minimum absolute atomic E-state index is 0.263. The van der Waals surface area contributed by atoms with Gasteiger partial charge in [-0.3, -0.25) is 4.79 Å². The first kappa shape index (κ1) is 22.5. The Morgan fingerprint density at radius 2 is 1.67 bits per heavy atom. The Kier molecular flexibility index (Phi) is 6.20. The fourth-order valence-corrected chi connectivity index (χ4v) is 4.03. The lowest BCUT2D eigenvalue weighted by molar-refractivity contribution is -0.111. The van der Waals surface area contributed by atoms with Gasteiger partial charge in [-0.2, -0.15) is 5.26 Å². The Labute approximate surface area is 208 Å². The van der Waals surface area contributed by atoms with Crippen LogP contribution in [-0.2, 0) is 4.79 Å². The molecule has 1 aromatic heterocycles. The first-order chi connectivity index (χ1) is 17.6. The van der Waals surface area contributed by atoms with E-state index in [-0.39, 0.29) is 5.91 Å². The van der Waals surface area contributed by atoms with Gasteiger partial charge in [0.05, 0.1) is 17.1 Å². The number of fused-ring (bicyclic) bond motifs is 1. The highest BCUT2D eigenvalue weighted by Crippen LogP contribution is 2.34. The number of anilines is 3. The average Bonchev–Trinajstić information content (AvgIpc) is 2.93. The zero-order chi connectivity index (χ0) is 24.9. The summed E-state index contributed by atoms with van der Waals surface area (Å²) < 4.78 is 0. The summed E-state index contributed by atoms with van der Waals surface area (Å²) in [7, 11) is 0. The average molecular weight is 468 g/mol. The molecule has 0 unspecified atom stereocenters. The third-order valence-corrected chi connectivity index (χ3v) is 5.73. The van der Waals surface area contributed by atoms with Gasteiger partial charge in [0.2, 0.25) is 5.91 Å². The number of nitrogens with zero attached hydrogens (tertiary/aromatic N) is 3. The van der Waals surface area contributed by atoms with Crippen molar-refractivity contribution in [3.63, 3.8) is 0 Å². The van der Waals surface area contributed by atoms with Gasteiger partial charge in [0, 0.05) is 34.2 Å². The van der Waals surface area contributed by atoms with E-state index in [9.17, 15) is 4.79 Å². The van der Waals surface area contributed by atoms with Gasteiger partial charge >= 0.3 is 0 Å². The van der Waals surface area contributed by atoms with Crippen LogP contribution in [0.1, 0.15) is 5.56 Å². The summed E-state index contributed by atoms with van der Waals surface area (Å²) in [6.07, 6.45) is 4.59. The second-order valence-electron chi connectivity index (χ2n) is 8.15. The molecule has 2 N–H and O–H groups in total. The van der Waals surface area contributed by atoms with Crippen LogP contribution in [0, 0.1) is 11.3 Å². The minimum Gasteiger partial charge on any atom is -0.355 e. The molecular formula is C30H21N5O. The lowest BCUT2D eigenvalue weighted by atomic mass is 9.95. The number of carbonyl (C=O) groups is 1. The van der Waals surface area contributed by atoms with Gasteiger partial charge in [-0.05, 0) is 77.4 Å². The molecule has 0 saturated carbocycles. The first-order valence-electron chi connectivity index (χ1n) is 11.3. The molecule has 0 fully saturated rings. The van der Waals surface area contributed by atoms with Gasteiger partial charge in [0.1, 0.15) is 6.33 Å². The third-order valence-electron chi connectivity index (χ3n) is 5.73. The summed E-state index contributed by atoms with van der Waals surface area (Å²) in [6.45, 7) is 3.51. The Balaban J connectivity index is 1.51. The molecule has 0 radical (unpaired) electrons. The van der Waals surface area contributed by atoms with Crippen LogP contribution in [0.5, 0.6) is 0 Å². The predicted octanol–water partition coefficient (Wildman–Crippen LogP) is 6.70. The maximum Gasteiger partial charge on any atom is 0.247 e. The molecule has 0 saturated heterocycles. The van der Waals surface area contributed by atoms with Crippen LogP contribution in [0.3, 0.4) is 0 Å². The second-order valence-corrected chi connectivity index (χ2v) is 8.15. The van der Waals surface area contributed by atoms with Crippen LogP contribution in [-0.4, -0.2) is 15.9 Å². The van der Waals surface area contributed by atoms with Gasteiger partial charge in [0.15, 0.2) is 0 Å². The van der Waals surface area contributed by atoms with Crippen molar-refractivity contribution < 1.29 is 4.79 Å². The molecule has 1 amide bonds. The second kappa shape index (κ2) is 9.92. The topological polar surface area (TPSA) is 90.7 Å². The largest absolute Gasteiger partial charge is 0.355 e. The number of benzene rings is 4. The predicted molar refractivity (Wildman–Crippen MR) is 144 cm³/mol. The monoisotopic (exact) mass is 467 g/mol. The van der Waals surface area contributed by atoms with E-state index in [0.29, 0.717) is 11.3 Å².